The van der Waals surface area contributed by atoms with Crippen LogP contribution in [0.1, 0.15) is 10.4 Å². The lowest BCUT2D eigenvalue weighted by molar-refractivity contribution is 0.102. The second-order valence-corrected chi connectivity index (χ2v) is 10.4. The molecule has 0 fully saturated rings. The van der Waals surface area contributed by atoms with E-state index in [1.807, 2.05) is 40.4 Å². The number of amides is 1. The molecule has 1 amide bonds. The number of sulfonamides is 1. The molecule has 2 heterocycles. The van der Waals surface area contributed by atoms with Gasteiger partial charge in [0.15, 0.2) is 4.96 Å². The van der Waals surface area contributed by atoms with Gasteiger partial charge in [-0.25, -0.2) is 13.4 Å². The molecule has 5 aromatic rings. The molecule has 170 valence electrons. The summed E-state index contributed by atoms with van der Waals surface area (Å²) < 4.78 is 29.3. The molecule has 34 heavy (non-hydrogen) atoms. The van der Waals surface area contributed by atoms with Gasteiger partial charge in [0.05, 0.1) is 16.3 Å². The van der Waals surface area contributed by atoms with Crippen molar-refractivity contribution < 1.29 is 13.2 Å². The third-order valence-electron chi connectivity index (χ3n) is 5.41. The molecule has 7 nitrogen and oxygen atoms in total. The van der Waals surface area contributed by atoms with Gasteiger partial charge in [0.1, 0.15) is 0 Å². The highest BCUT2D eigenvalue weighted by molar-refractivity contribution is 7.92. The van der Waals surface area contributed by atoms with E-state index >= 15 is 0 Å². The van der Waals surface area contributed by atoms with E-state index in [0.29, 0.717) is 11.4 Å². The fourth-order valence-electron chi connectivity index (χ4n) is 3.53. The zero-order valence-corrected chi connectivity index (χ0v) is 19.8. The molecule has 0 aliphatic carbocycles. The molecule has 0 saturated carbocycles. The molecule has 2 aromatic heterocycles. The summed E-state index contributed by atoms with van der Waals surface area (Å²) in [6, 6.07) is 22.2. The van der Waals surface area contributed by atoms with Crippen LogP contribution >= 0.6 is 11.3 Å². The quantitative estimate of drug-likeness (QED) is 0.359. The summed E-state index contributed by atoms with van der Waals surface area (Å²) in [6.45, 7) is 0. The van der Waals surface area contributed by atoms with Gasteiger partial charge >= 0.3 is 0 Å². The number of hydrogen-bond acceptors (Lipinski definition) is 5. The fraction of sp³-hybridized carbons (Fsp3) is 0.0400. The average molecular weight is 489 g/mol. The Bertz CT molecular complexity index is 1550. The van der Waals surface area contributed by atoms with Crippen LogP contribution in [0.2, 0.25) is 0 Å². The molecule has 0 saturated heterocycles. The predicted octanol–water partition coefficient (Wildman–Crippen LogP) is 5.14. The van der Waals surface area contributed by atoms with Crippen molar-refractivity contribution in [3.63, 3.8) is 0 Å². The molecule has 0 aliphatic rings. The van der Waals surface area contributed by atoms with Crippen LogP contribution in [0.5, 0.6) is 0 Å². The standard InChI is InChI=1S/C25H20N4O3S2/c1-28(21-7-3-2-4-8-21)34(31,32)22-9-5-6-19(16-22)24(30)26-20-12-10-18(11-13-20)23-17-29-14-15-33-25(29)27-23/h2-17H,1H3,(H,26,30). The van der Waals surface area contributed by atoms with Crippen LogP contribution in [0.25, 0.3) is 16.2 Å². The zero-order valence-electron chi connectivity index (χ0n) is 18.1. The molecule has 0 aliphatic heterocycles. The van der Waals surface area contributed by atoms with E-state index in [-0.39, 0.29) is 10.5 Å². The highest BCUT2D eigenvalue weighted by atomic mass is 32.2. The van der Waals surface area contributed by atoms with Gasteiger partial charge in [-0.3, -0.25) is 13.5 Å². The van der Waals surface area contributed by atoms with Crippen molar-refractivity contribution in [2.75, 3.05) is 16.7 Å². The second kappa shape index (κ2) is 8.77. The number of hydrogen-bond donors (Lipinski definition) is 1. The first-order valence-electron chi connectivity index (χ1n) is 10.4. The van der Waals surface area contributed by atoms with Crippen molar-refractivity contribution in [2.45, 2.75) is 4.90 Å². The van der Waals surface area contributed by atoms with Crippen LogP contribution < -0.4 is 9.62 Å². The van der Waals surface area contributed by atoms with Gasteiger partial charge in [-0.05, 0) is 42.5 Å². The Labute approximate surface area is 201 Å². The Kier molecular flexibility index (Phi) is 5.64. The molecule has 0 radical (unpaired) electrons. The molecule has 0 spiro atoms. The fourth-order valence-corrected chi connectivity index (χ4v) is 5.47. The maximum atomic E-state index is 13.1. The Balaban J connectivity index is 1.33. The van der Waals surface area contributed by atoms with Gasteiger partial charge in [0.2, 0.25) is 0 Å². The van der Waals surface area contributed by atoms with Crippen molar-refractivity contribution in [2.24, 2.45) is 0 Å². The number of thiazole rings is 1. The summed E-state index contributed by atoms with van der Waals surface area (Å²) in [7, 11) is -2.33. The van der Waals surface area contributed by atoms with E-state index in [1.165, 1.54) is 23.5 Å². The number of fused-ring (bicyclic) bond motifs is 1. The van der Waals surface area contributed by atoms with Crippen LogP contribution in [-0.4, -0.2) is 30.8 Å². The number of rotatable bonds is 6. The van der Waals surface area contributed by atoms with Gasteiger partial charge < -0.3 is 5.32 Å². The smallest absolute Gasteiger partial charge is 0.264 e. The SMILES string of the molecule is CN(c1ccccc1)S(=O)(=O)c1cccc(C(=O)Nc2ccc(-c3cn4ccsc4n3)cc2)c1. The monoisotopic (exact) mass is 488 g/mol. The topological polar surface area (TPSA) is 83.8 Å². The summed E-state index contributed by atoms with van der Waals surface area (Å²) in [4.78, 5) is 18.4. The van der Waals surface area contributed by atoms with Gasteiger partial charge in [-0.1, -0.05) is 36.4 Å². The Hall–Kier alpha value is -3.95. The van der Waals surface area contributed by atoms with Crippen molar-refractivity contribution >= 4 is 43.6 Å². The summed E-state index contributed by atoms with van der Waals surface area (Å²) in [5.41, 5.74) is 3.18. The molecule has 0 atom stereocenters. The molecule has 9 heteroatoms. The van der Waals surface area contributed by atoms with Crippen LogP contribution in [0, 0.1) is 0 Å². The maximum absolute atomic E-state index is 13.1. The van der Waals surface area contributed by atoms with Crippen LogP contribution in [0.4, 0.5) is 11.4 Å². The first kappa shape index (κ1) is 21.9. The summed E-state index contributed by atoms with van der Waals surface area (Å²) in [5.74, 6) is -0.394. The lowest BCUT2D eigenvalue weighted by Crippen LogP contribution is -2.26. The first-order valence-corrected chi connectivity index (χ1v) is 12.7. The number of carbonyl (C=O) groups excluding carboxylic acids is 1. The maximum Gasteiger partial charge on any atom is 0.264 e. The van der Waals surface area contributed by atoms with Gasteiger partial charge in [0, 0.05) is 41.6 Å². The first-order chi connectivity index (χ1) is 16.4. The average Bonchev–Trinajstić information content (AvgIpc) is 3.47. The van der Waals surface area contributed by atoms with E-state index in [1.54, 1.807) is 59.9 Å². The molecule has 1 N–H and O–H groups in total. The molecule has 3 aromatic carbocycles. The number of imidazole rings is 1. The largest absolute Gasteiger partial charge is 0.322 e. The number of anilines is 2. The van der Waals surface area contributed by atoms with E-state index in [4.69, 9.17) is 0 Å². The lowest BCUT2D eigenvalue weighted by Gasteiger charge is -2.19. The third kappa shape index (κ3) is 4.18. The van der Waals surface area contributed by atoms with Crippen LogP contribution in [0.3, 0.4) is 0 Å². The van der Waals surface area contributed by atoms with Crippen molar-refractivity contribution in [1.82, 2.24) is 9.38 Å². The van der Waals surface area contributed by atoms with Gasteiger partial charge in [0.25, 0.3) is 15.9 Å². The minimum absolute atomic E-state index is 0.0431. The number of benzene rings is 3. The minimum Gasteiger partial charge on any atom is -0.322 e. The normalized spacial score (nSPS) is 11.4. The molecule has 0 bridgehead atoms. The summed E-state index contributed by atoms with van der Waals surface area (Å²) in [6.07, 6.45) is 3.91. The summed E-state index contributed by atoms with van der Waals surface area (Å²) >= 11 is 1.56. The summed E-state index contributed by atoms with van der Waals surface area (Å²) in [5, 5.41) is 4.80. The number of aromatic nitrogens is 2. The van der Waals surface area contributed by atoms with E-state index in [2.05, 4.69) is 10.3 Å². The van der Waals surface area contributed by atoms with Crippen molar-refractivity contribution in [3.05, 3.63) is 102 Å². The molecular formula is C25H20N4O3S2. The van der Waals surface area contributed by atoms with Crippen LogP contribution in [0.15, 0.2) is 102 Å². The zero-order chi connectivity index (χ0) is 23.7. The van der Waals surface area contributed by atoms with Crippen LogP contribution in [-0.2, 0) is 10.0 Å². The molecular weight excluding hydrogens is 468 g/mol. The van der Waals surface area contributed by atoms with Gasteiger partial charge in [-0.2, -0.15) is 0 Å². The van der Waals surface area contributed by atoms with E-state index < -0.39 is 15.9 Å². The minimum atomic E-state index is -3.82. The Morgan fingerprint density at radius 2 is 1.76 bits per heavy atom. The van der Waals surface area contributed by atoms with Crippen molar-refractivity contribution in [3.8, 4) is 11.3 Å². The van der Waals surface area contributed by atoms with Crippen molar-refractivity contribution in [1.29, 1.82) is 0 Å². The number of nitrogens with zero attached hydrogens (tertiary/aromatic N) is 3. The Morgan fingerprint density at radius 3 is 2.50 bits per heavy atom. The van der Waals surface area contributed by atoms with E-state index in [0.717, 1.165) is 16.2 Å². The van der Waals surface area contributed by atoms with E-state index in [9.17, 15) is 13.2 Å². The number of carbonyl (C=O) groups is 1. The highest BCUT2D eigenvalue weighted by Crippen LogP contribution is 2.25. The molecule has 5 rings (SSSR count). The lowest BCUT2D eigenvalue weighted by atomic mass is 10.1. The highest BCUT2D eigenvalue weighted by Gasteiger charge is 2.22. The second-order valence-electron chi connectivity index (χ2n) is 7.59. The molecule has 0 unspecified atom stereocenters. The predicted molar refractivity (Wildman–Crippen MR) is 135 cm³/mol. The third-order valence-corrected chi connectivity index (χ3v) is 7.96. The van der Waals surface area contributed by atoms with Gasteiger partial charge in [-0.15, -0.1) is 11.3 Å². The number of para-hydroxylation sites is 1. The Morgan fingerprint density at radius 1 is 1.00 bits per heavy atom. The number of nitrogens with one attached hydrogen (secondary N) is 1.